The monoisotopic (exact) mass is 316 g/mol. The number of hydrogen-bond acceptors (Lipinski definition) is 3. The molecule has 0 saturated heterocycles. The molecule has 0 heterocycles. The van der Waals surface area contributed by atoms with Gasteiger partial charge in [0.2, 0.25) is 9.84 Å². The van der Waals surface area contributed by atoms with Gasteiger partial charge < -0.3 is 5.11 Å². The van der Waals surface area contributed by atoms with Gasteiger partial charge in [0.15, 0.2) is 0 Å². The molecule has 4 nitrogen and oxygen atoms in total. The highest BCUT2D eigenvalue weighted by molar-refractivity contribution is 7.91. The highest BCUT2D eigenvalue weighted by Gasteiger charge is 2.20. The predicted octanol–water partition coefficient (Wildman–Crippen LogP) is 3.09. The fourth-order valence-corrected chi connectivity index (χ4v) is 3.54. The molecule has 2 rings (SSSR count). The second-order valence-corrected chi connectivity index (χ2v) is 6.74. The average molecular weight is 316 g/mol. The van der Waals surface area contributed by atoms with E-state index in [4.69, 9.17) is 5.11 Å². The molecule has 0 aromatic heterocycles. The Labute approximate surface area is 129 Å². The quantitative estimate of drug-likeness (QED) is 0.860. The van der Waals surface area contributed by atoms with Crippen LogP contribution in [0.4, 0.5) is 0 Å². The van der Waals surface area contributed by atoms with E-state index in [-0.39, 0.29) is 21.8 Å². The van der Waals surface area contributed by atoms with Crippen molar-refractivity contribution in [2.24, 2.45) is 0 Å². The molecule has 0 aliphatic rings. The molecule has 0 saturated carbocycles. The van der Waals surface area contributed by atoms with Gasteiger partial charge in [-0.2, -0.15) is 0 Å². The van der Waals surface area contributed by atoms with Gasteiger partial charge in [-0.25, -0.2) is 13.2 Å². The summed E-state index contributed by atoms with van der Waals surface area (Å²) in [7, 11) is -3.61. The first kappa shape index (κ1) is 16.0. The molecule has 114 valence electrons. The topological polar surface area (TPSA) is 71.4 Å². The Morgan fingerprint density at radius 3 is 2.27 bits per heavy atom. The molecule has 0 unspecified atom stereocenters. The largest absolute Gasteiger partial charge is 0.478 e. The number of sulfone groups is 1. The van der Waals surface area contributed by atoms with Crippen LogP contribution in [0.3, 0.4) is 0 Å². The number of carboxylic acids is 1. The third kappa shape index (κ3) is 3.43. The van der Waals surface area contributed by atoms with Crippen LogP contribution in [0, 0.1) is 0 Å². The van der Waals surface area contributed by atoms with Crippen molar-refractivity contribution in [2.45, 2.75) is 23.1 Å². The van der Waals surface area contributed by atoms with Crippen LogP contribution in [-0.2, 0) is 21.1 Å². The summed E-state index contributed by atoms with van der Waals surface area (Å²) in [5.74, 6) is -1.01. The van der Waals surface area contributed by atoms with Crippen LogP contribution < -0.4 is 0 Å². The normalized spacial score (nSPS) is 12.1. The lowest BCUT2D eigenvalue weighted by Gasteiger charge is -2.09. The molecule has 0 aliphatic carbocycles. The number of hydrogen-bond donors (Lipinski definition) is 1. The summed E-state index contributed by atoms with van der Waals surface area (Å²) in [5.41, 5.74) is 0.763. The Kier molecular flexibility index (Phi) is 4.78. The second kappa shape index (κ2) is 6.58. The third-order valence-electron chi connectivity index (χ3n) is 3.28. The molecular formula is C17H16O4S. The highest BCUT2D eigenvalue weighted by atomic mass is 32.2. The molecule has 0 radical (unpaired) electrons. The van der Waals surface area contributed by atoms with E-state index in [9.17, 15) is 13.2 Å². The number of allylic oxidation sites excluding steroid dienone is 1. The van der Waals surface area contributed by atoms with E-state index in [1.165, 1.54) is 13.0 Å². The fourth-order valence-electron chi connectivity index (χ4n) is 2.01. The zero-order valence-electron chi connectivity index (χ0n) is 12.1. The minimum Gasteiger partial charge on any atom is -0.478 e. The Hall–Kier alpha value is -2.40. The van der Waals surface area contributed by atoms with Crippen molar-refractivity contribution in [1.82, 2.24) is 0 Å². The molecule has 0 amide bonds. The van der Waals surface area contributed by atoms with Gasteiger partial charge in [0.1, 0.15) is 0 Å². The molecule has 1 N–H and O–H groups in total. The van der Waals surface area contributed by atoms with Gasteiger partial charge in [-0.05, 0) is 37.1 Å². The van der Waals surface area contributed by atoms with E-state index in [0.29, 0.717) is 5.56 Å². The van der Waals surface area contributed by atoms with Crippen molar-refractivity contribution in [1.29, 1.82) is 0 Å². The summed E-state index contributed by atoms with van der Waals surface area (Å²) < 4.78 is 25.4. The molecule has 22 heavy (non-hydrogen) atoms. The van der Waals surface area contributed by atoms with Crippen molar-refractivity contribution in [3.63, 3.8) is 0 Å². The van der Waals surface area contributed by atoms with Crippen molar-refractivity contribution in [3.05, 3.63) is 71.8 Å². The molecule has 0 atom stereocenters. The Balaban J connectivity index is 2.45. The molecule has 5 heteroatoms. The number of benzene rings is 2. The highest BCUT2D eigenvalue weighted by Crippen LogP contribution is 2.24. The van der Waals surface area contributed by atoms with Gasteiger partial charge in [0.05, 0.1) is 9.79 Å². The van der Waals surface area contributed by atoms with Crippen molar-refractivity contribution < 1.29 is 18.3 Å². The van der Waals surface area contributed by atoms with E-state index >= 15 is 0 Å². The maximum absolute atomic E-state index is 12.7. The average Bonchev–Trinajstić information content (AvgIpc) is 2.53. The van der Waals surface area contributed by atoms with Gasteiger partial charge >= 0.3 is 5.97 Å². The molecule has 2 aromatic carbocycles. The first-order valence-electron chi connectivity index (χ1n) is 6.71. The molecule has 0 spiro atoms. The Bertz CT molecular complexity index is 806. The lowest BCUT2D eigenvalue weighted by atomic mass is 10.1. The van der Waals surface area contributed by atoms with Crippen LogP contribution in [0.1, 0.15) is 12.5 Å². The van der Waals surface area contributed by atoms with Crippen molar-refractivity contribution in [2.75, 3.05) is 0 Å². The minimum atomic E-state index is -3.61. The summed E-state index contributed by atoms with van der Waals surface area (Å²) in [4.78, 5) is 11.3. The number of rotatable bonds is 5. The first-order valence-corrected chi connectivity index (χ1v) is 8.19. The molecule has 0 aliphatic heterocycles. The lowest BCUT2D eigenvalue weighted by molar-refractivity contribution is -0.132. The van der Waals surface area contributed by atoms with Gasteiger partial charge in [0.25, 0.3) is 0 Å². The summed E-state index contributed by atoms with van der Waals surface area (Å²) in [6.07, 6.45) is 1.77. The summed E-state index contributed by atoms with van der Waals surface area (Å²) in [6.45, 7) is 1.48. The predicted molar refractivity (Wildman–Crippen MR) is 83.4 cm³/mol. The number of carboxylic acid groups (broad SMARTS) is 1. The maximum Gasteiger partial charge on any atom is 0.330 e. The summed E-state index contributed by atoms with van der Waals surface area (Å²) >= 11 is 0. The third-order valence-corrected chi connectivity index (χ3v) is 5.15. The Morgan fingerprint density at radius 2 is 1.64 bits per heavy atom. The zero-order valence-corrected chi connectivity index (χ0v) is 12.9. The van der Waals surface area contributed by atoms with Crippen molar-refractivity contribution >= 4 is 15.8 Å². The first-order chi connectivity index (χ1) is 10.4. The molecule has 0 fully saturated rings. The van der Waals surface area contributed by atoms with E-state index in [0.717, 1.165) is 0 Å². The maximum atomic E-state index is 12.7. The standard InChI is InChI=1S/C17H16O4S/c1-13(17(18)19)11-12-14-7-5-6-10-16(14)22(20,21)15-8-3-2-4-9-15/h2-11H,12H2,1H3,(H,18,19). The number of carbonyl (C=O) groups is 1. The van der Waals surface area contributed by atoms with E-state index in [1.54, 1.807) is 54.6 Å². The van der Waals surface area contributed by atoms with Gasteiger partial charge in [-0.3, -0.25) is 0 Å². The summed E-state index contributed by atoms with van der Waals surface area (Å²) in [5, 5.41) is 8.88. The van der Waals surface area contributed by atoms with Crippen LogP contribution in [0.25, 0.3) is 0 Å². The molecular weight excluding hydrogens is 300 g/mol. The van der Waals surface area contributed by atoms with E-state index in [1.807, 2.05) is 0 Å². The van der Waals surface area contributed by atoms with Gasteiger partial charge in [-0.1, -0.05) is 42.5 Å². The van der Waals surface area contributed by atoms with Crippen LogP contribution in [0.5, 0.6) is 0 Å². The van der Waals surface area contributed by atoms with E-state index in [2.05, 4.69) is 0 Å². The second-order valence-electron chi connectivity index (χ2n) is 4.82. The zero-order chi connectivity index (χ0) is 16.2. The molecule has 0 bridgehead atoms. The smallest absolute Gasteiger partial charge is 0.330 e. The fraction of sp³-hybridized carbons (Fsp3) is 0.118. The van der Waals surface area contributed by atoms with E-state index < -0.39 is 15.8 Å². The van der Waals surface area contributed by atoms with Crippen LogP contribution in [0.2, 0.25) is 0 Å². The Morgan fingerprint density at radius 1 is 1.05 bits per heavy atom. The SMILES string of the molecule is CC(=CCc1ccccc1S(=O)(=O)c1ccccc1)C(=O)O. The number of aliphatic carboxylic acids is 1. The van der Waals surface area contributed by atoms with Gasteiger partial charge in [0, 0.05) is 5.57 Å². The van der Waals surface area contributed by atoms with Crippen LogP contribution >= 0.6 is 0 Å². The van der Waals surface area contributed by atoms with Crippen LogP contribution in [0.15, 0.2) is 76.0 Å². The summed E-state index contributed by atoms with van der Waals surface area (Å²) in [6, 6.07) is 14.8. The molecule has 2 aromatic rings. The lowest BCUT2D eigenvalue weighted by Crippen LogP contribution is -2.05. The van der Waals surface area contributed by atoms with Gasteiger partial charge in [-0.15, -0.1) is 0 Å². The van der Waals surface area contributed by atoms with Crippen molar-refractivity contribution in [3.8, 4) is 0 Å². The minimum absolute atomic E-state index is 0.187. The van der Waals surface area contributed by atoms with Crippen LogP contribution in [-0.4, -0.2) is 19.5 Å².